The molecule has 0 saturated carbocycles. The van der Waals surface area contributed by atoms with Crippen LogP contribution < -0.4 is 5.32 Å². The summed E-state index contributed by atoms with van der Waals surface area (Å²) in [7, 11) is 0. The molecule has 4 rings (SSSR count). The molecule has 0 bridgehead atoms. The third kappa shape index (κ3) is 3.25. The second-order valence-electron chi connectivity index (χ2n) is 7.58. The molecule has 140 valence electrons. The average molecular weight is 373 g/mol. The van der Waals surface area contributed by atoms with Crippen molar-refractivity contribution in [2.75, 3.05) is 25.0 Å². The van der Waals surface area contributed by atoms with Crippen LogP contribution in [0.3, 0.4) is 0 Å². The van der Waals surface area contributed by atoms with Crippen LogP contribution in [-0.4, -0.2) is 34.3 Å². The summed E-state index contributed by atoms with van der Waals surface area (Å²) in [6.07, 6.45) is 7.38. The number of hydrogen-bond donors (Lipinski definition) is 1. The Morgan fingerprint density at radius 2 is 2.12 bits per heavy atom. The van der Waals surface area contributed by atoms with Gasteiger partial charge in [-0.25, -0.2) is 4.68 Å². The van der Waals surface area contributed by atoms with E-state index in [-0.39, 0.29) is 0 Å². The maximum atomic E-state index is 6.41. The van der Waals surface area contributed by atoms with E-state index < -0.39 is 0 Å². The van der Waals surface area contributed by atoms with Crippen LogP contribution in [-0.2, 0) is 6.42 Å². The summed E-state index contributed by atoms with van der Waals surface area (Å²) in [6.45, 7) is 7.61. The zero-order valence-corrected chi connectivity index (χ0v) is 16.6. The van der Waals surface area contributed by atoms with Crippen LogP contribution >= 0.6 is 11.6 Å². The molecule has 0 radical (unpaired) electrons. The lowest BCUT2D eigenvalue weighted by atomic mass is 9.95. The maximum Gasteiger partial charge on any atom is 0.133 e. The second-order valence-corrected chi connectivity index (χ2v) is 7.99. The van der Waals surface area contributed by atoms with E-state index in [0.717, 1.165) is 35.8 Å². The minimum Gasteiger partial charge on any atom is -0.370 e. The maximum absolute atomic E-state index is 6.41. The smallest absolute Gasteiger partial charge is 0.133 e. The van der Waals surface area contributed by atoms with Crippen LogP contribution in [0.25, 0.3) is 5.69 Å². The number of hydrogen-bond acceptors (Lipinski definition) is 3. The van der Waals surface area contributed by atoms with E-state index in [2.05, 4.69) is 34.0 Å². The van der Waals surface area contributed by atoms with Gasteiger partial charge < -0.3 is 5.32 Å². The highest BCUT2D eigenvalue weighted by molar-refractivity contribution is 6.31. The average Bonchev–Trinajstić information content (AvgIpc) is 2.85. The number of nitrogens with one attached hydrogen (secondary N) is 1. The van der Waals surface area contributed by atoms with Gasteiger partial charge in [0.1, 0.15) is 5.82 Å². The Kier molecular flexibility index (Phi) is 5.23. The van der Waals surface area contributed by atoms with Crippen LogP contribution in [0.1, 0.15) is 61.9 Å². The van der Waals surface area contributed by atoms with E-state index in [1.54, 1.807) is 0 Å². The fourth-order valence-electron chi connectivity index (χ4n) is 4.38. The largest absolute Gasteiger partial charge is 0.370 e. The van der Waals surface area contributed by atoms with Crippen LogP contribution in [0.15, 0.2) is 18.2 Å². The van der Waals surface area contributed by atoms with Gasteiger partial charge in [-0.2, -0.15) is 5.10 Å². The number of rotatable bonds is 3. The Balaban J connectivity index is 1.82. The lowest BCUT2D eigenvalue weighted by Crippen LogP contribution is -2.33. The van der Waals surface area contributed by atoms with Gasteiger partial charge in [-0.15, -0.1) is 0 Å². The monoisotopic (exact) mass is 372 g/mol. The third-order valence-electron chi connectivity index (χ3n) is 5.90. The minimum absolute atomic E-state index is 0.449. The fourth-order valence-corrected chi connectivity index (χ4v) is 4.55. The lowest BCUT2D eigenvalue weighted by molar-refractivity contribution is 0.152. The third-order valence-corrected chi connectivity index (χ3v) is 6.30. The zero-order chi connectivity index (χ0) is 18.1. The van der Waals surface area contributed by atoms with Crippen LogP contribution in [0.4, 0.5) is 5.82 Å². The number of benzene rings is 1. The first-order valence-corrected chi connectivity index (χ1v) is 10.4. The number of piperidine rings is 1. The van der Waals surface area contributed by atoms with Crippen molar-refractivity contribution in [3.05, 3.63) is 40.0 Å². The molecular weight excluding hydrogens is 344 g/mol. The van der Waals surface area contributed by atoms with Gasteiger partial charge in [-0.3, -0.25) is 4.90 Å². The van der Waals surface area contributed by atoms with Crippen molar-refractivity contribution in [3.63, 3.8) is 0 Å². The highest BCUT2D eigenvalue weighted by Gasteiger charge is 2.30. The number of aromatic nitrogens is 2. The summed E-state index contributed by atoms with van der Waals surface area (Å²) < 4.78 is 2.10. The highest BCUT2D eigenvalue weighted by Crippen LogP contribution is 2.37. The minimum atomic E-state index is 0.449. The van der Waals surface area contributed by atoms with Gasteiger partial charge in [0.2, 0.25) is 0 Å². The number of likely N-dealkylation sites (tertiary alicyclic amines) is 1. The van der Waals surface area contributed by atoms with Crippen molar-refractivity contribution in [1.29, 1.82) is 0 Å². The van der Waals surface area contributed by atoms with E-state index in [4.69, 9.17) is 16.7 Å². The number of aryl methyl sites for hydroxylation is 1. The summed E-state index contributed by atoms with van der Waals surface area (Å²) in [4.78, 5) is 2.60. The Labute approximate surface area is 161 Å². The molecule has 3 heterocycles. The number of halogens is 1. The van der Waals surface area contributed by atoms with Gasteiger partial charge in [0.15, 0.2) is 0 Å². The van der Waals surface area contributed by atoms with Crippen molar-refractivity contribution < 1.29 is 0 Å². The quantitative estimate of drug-likeness (QED) is 0.810. The van der Waals surface area contributed by atoms with E-state index >= 15 is 0 Å². The van der Waals surface area contributed by atoms with E-state index in [0.29, 0.717) is 6.04 Å². The predicted molar refractivity (Wildman–Crippen MR) is 109 cm³/mol. The molecule has 4 nitrogen and oxygen atoms in total. The van der Waals surface area contributed by atoms with Gasteiger partial charge in [0.05, 0.1) is 17.4 Å². The molecular formula is C21H29ClN4. The van der Waals surface area contributed by atoms with E-state index in [9.17, 15) is 0 Å². The normalized spacial score (nSPS) is 21.1. The standard InChI is InChI=1S/C21H29ClN4/c1-3-25-13-7-5-9-19(25)20-17-8-4-6-12-23-21(17)26(24-20)16-11-10-15(2)18(22)14-16/h10-11,14,19,23H,3-9,12-13H2,1-2H3. The summed E-state index contributed by atoms with van der Waals surface area (Å²) in [6, 6.07) is 6.70. The Morgan fingerprint density at radius 1 is 1.23 bits per heavy atom. The zero-order valence-electron chi connectivity index (χ0n) is 15.9. The number of anilines is 1. The van der Waals surface area contributed by atoms with Gasteiger partial charge in [-0.1, -0.05) is 31.0 Å². The Morgan fingerprint density at radius 3 is 2.92 bits per heavy atom. The van der Waals surface area contributed by atoms with Crippen molar-refractivity contribution in [1.82, 2.24) is 14.7 Å². The van der Waals surface area contributed by atoms with Crippen molar-refractivity contribution in [2.24, 2.45) is 0 Å². The SMILES string of the molecule is CCN1CCCCC1c1nn(-c2ccc(C)c(Cl)c2)c2c1CCCCN2. The molecule has 1 saturated heterocycles. The van der Waals surface area contributed by atoms with Crippen molar-refractivity contribution in [2.45, 2.75) is 58.4 Å². The summed E-state index contributed by atoms with van der Waals surface area (Å²) in [5.41, 5.74) is 4.86. The van der Waals surface area contributed by atoms with Gasteiger partial charge in [-0.05, 0) is 69.8 Å². The number of fused-ring (bicyclic) bond motifs is 1. The van der Waals surface area contributed by atoms with Gasteiger partial charge in [0.25, 0.3) is 0 Å². The van der Waals surface area contributed by atoms with Crippen LogP contribution in [0.2, 0.25) is 5.02 Å². The van der Waals surface area contributed by atoms with E-state index in [1.807, 2.05) is 13.0 Å². The first-order valence-electron chi connectivity index (χ1n) is 10.0. The summed E-state index contributed by atoms with van der Waals surface area (Å²) in [5, 5.41) is 9.61. The van der Waals surface area contributed by atoms with Crippen LogP contribution in [0, 0.1) is 6.92 Å². The molecule has 1 fully saturated rings. The Bertz CT molecular complexity index is 783. The summed E-state index contributed by atoms with van der Waals surface area (Å²) >= 11 is 6.41. The topological polar surface area (TPSA) is 33.1 Å². The van der Waals surface area contributed by atoms with Crippen molar-refractivity contribution >= 4 is 17.4 Å². The first kappa shape index (κ1) is 17.9. The molecule has 1 N–H and O–H groups in total. The molecule has 1 atom stereocenters. The molecule has 2 aliphatic heterocycles. The van der Waals surface area contributed by atoms with E-state index in [1.165, 1.54) is 55.7 Å². The molecule has 2 aliphatic rings. The fraction of sp³-hybridized carbons (Fsp3) is 0.571. The molecule has 0 spiro atoms. The number of nitrogens with zero attached hydrogens (tertiary/aromatic N) is 3. The molecule has 1 aromatic carbocycles. The lowest BCUT2D eigenvalue weighted by Gasteiger charge is -2.34. The van der Waals surface area contributed by atoms with Crippen LogP contribution in [0.5, 0.6) is 0 Å². The van der Waals surface area contributed by atoms with Gasteiger partial charge in [0, 0.05) is 17.1 Å². The molecule has 0 amide bonds. The molecule has 26 heavy (non-hydrogen) atoms. The molecule has 5 heteroatoms. The highest BCUT2D eigenvalue weighted by atomic mass is 35.5. The summed E-state index contributed by atoms with van der Waals surface area (Å²) in [5.74, 6) is 1.18. The predicted octanol–water partition coefficient (Wildman–Crippen LogP) is 5.13. The molecule has 2 aromatic rings. The first-order chi connectivity index (χ1) is 12.7. The Hall–Kier alpha value is -1.52. The van der Waals surface area contributed by atoms with Gasteiger partial charge >= 0.3 is 0 Å². The second kappa shape index (κ2) is 7.61. The molecule has 0 aliphatic carbocycles. The molecule has 1 aromatic heterocycles. The van der Waals surface area contributed by atoms with Crippen molar-refractivity contribution in [3.8, 4) is 5.69 Å². The molecule has 1 unspecified atom stereocenters.